The van der Waals surface area contributed by atoms with E-state index in [1.54, 1.807) is 0 Å². The quantitative estimate of drug-likeness (QED) is 0.796. The van der Waals surface area contributed by atoms with Gasteiger partial charge in [0.2, 0.25) is 11.8 Å². The highest BCUT2D eigenvalue weighted by atomic mass is 35.5. The molecule has 0 aliphatic heterocycles. The molecule has 0 aliphatic rings. The summed E-state index contributed by atoms with van der Waals surface area (Å²) >= 11 is 5.76. The van der Waals surface area contributed by atoms with Gasteiger partial charge in [-0.2, -0.15) is 4.98 Å². The molecule has 4 nitrogen and oxygen atoms in total. The van der Waals surface area contributed by atoms with Crippen LogP contribution in [0.1, 0.15) is 32.9 Å². The number of nitrogens with zero attached hydrogens (tertiary/aromatic N) is 2. The molecule has 17 heavy (non-hydrogen) atoms. The van der Waals surface area contributed by atoms with Gasteiger partial charge in [-0.3, -0.25) is 0 Å². The predicted molar refractivity (Wildman–Crippen MR) is 71.0 cm³/mol. The fourth-order valence-corrected chi connectivity index (χ4v) is 1.89. The number of hydrogen-bond donors (Lipinski definition) is 1. The van der Waals surface area contributed by atoms with Crippen LogP contribution in [-0.4, -0.2) is 28.0 Å². The largest absolute Gasteiger partial charge is 0.478 e. The summed E-state index contributed by atoms with van der Waals surface area (Å²) < 4.78 is 5.38. The number of nitrogens with one attached hydrogen (secondary N) is 1. The lowest BCUT2D eigenvalue weighted by Gasteiger charge is -2.25. The Balaban J connectivity index is 2.83. The summed E-state index contributed by atoms with van der Waals surface area (Å²) in [5, 5.41) is 3.27. The molecule has 0 bridgehead atoms. The standard InChI is InChI=1S/C12H20ClN3O/c1-5-17-10-8-9(2)14-11(15-10)16-12(3,4)6-7-13/h8H,5-7H2,1-4H3,(H,14,15,16). The highest BCUT2D eigenvalue weighted by Crippen LogP contribution is 2.18. The van der Waals surface area contributed by atoms with E-state index in [9.17, 15) is 0 Å². The van der Waals surface area contributed by atoms with Gasteiger partial charge in [0.15, 0.2) is 0 Å². The SMILES string of the molecule is CCOc1cc(C)nc(NC(C)(C)CCCl)n1. The molecule has 0 fully saturated rings. The molecule has 0 saturated carbocycles. The number of rotatable bonds is 6. The summed E-state index contributed by atoms with van der Waals surface area (Å²) in [6, 6.07) is 1.82. The van der Waals surface area contributed by atoms with E-state index in [0.29, 0.717) is 24.3 Å². The van der Waals surface area contributed by atoms with E-state index < -0.39 is 0 Å². The molecule has 1 rings (SSSR count). The first-order valence-electron chi connectivity index (χ1n) is 5.79. The van der Waals surface area contributed by atoms with Gasteiger partial charge in [0, 0.05) is 23.2 Å². The van der Waals surface area contributed by atoms with E-state index in [2.05, 4.69) is 29.1 Å². The van der Waals surface area contributed by atoms with Gasteiger partial charge in [0.1, 0.15) is 0 Å². The zero-order chi connectivity index (χ0) is 12.9. The minimum absolute atomic E-state index is 0.126. The second kappa shape index (κ2) is 6.05. The lowest BCUT2D eigenvalue weighted by Crippen LogP contribution is -2.32. The fraction of sp³-hybridized carbons (Fsp3) is 0.667. The maximum atomic E-state index is 5.76. The topological polar surface area (TPSA) is 47.0 Å². The molecular weight excluding hydrogens is 238 g/mol. The predicted octanol–water partition coefficient (Wildman–Crippen LogP) is 3.00. The Morgan fingerprint density at radius 1 is 1.41 bits per heavy atom. The molecule has 0 aromatic carbocycles. The third-order valence-electron chi connectivity index (χ3n) is 2.29. The fourth-order valence-electron chi connectivity index (χ4n) is 1.42. The molecule has 96 valence electrons. The average Bonchev–Trinajstić information content (AvgIpc) is 2.15. The van der Waals surface area contributed by atoms with Crippen molar-refractivity contribution >= 4 is 17.5 Å². The van der Waals surface area contributed by atoms with Gasteiger partial charge < -0.3 is 10.1 Å². The van der Waals surface area contributed by atoms with E-state index in [1.165, 1.54) is 0 Å². The van der Waals surface area contributed by atoms with E-state index in [-0.39, 0.29) is 5.54 Å². The molecule has 0 spiro atoms. The van der Waals surface area contributed by atoms with Crippen LogP contribution in [0.4, 0.5) is 5.95 Å². The summed E-state index contributed by atoms with van der Waals surface area (Å²) in [7, 11) is 0. The van der Waals surface area contributed by atoms with Crippen LogP contribution in [-0.2, 0) is 0 Å². The first-order valence-corrected chi connectivity index (χ1v) is 6.33. The van der Waals surface area contributed by atoms with Crippen LogP contribution in [0.25, 0.3) is 0 Å². The Labute approximate surface area is 108 Å². The van der Waals surface area contributed by atoms with Crippen molar-refractivity contribution in [2.24, 2.45) is 0 Å². The smallest absolute Gasteiger partial charge is 0.226 e. The van der Waals surface area contributed by atoms with E-state index >= 15 is 0 Å². The van der Waals surface area contributed by atoms with Crippen LogP contribution in [0, 0.1) is 6.92 Å². The van der Waals surface area contributed by atoms with E-state index in [1.807, 2.05) is 19.9 Å². The number of anilines is 1. The van der Waals surface area contributed by atoms with E-state index in [4.69, 9.17) is 16.3 Å². The van der Waals surface area contributed by atoms with Gasteiger partial charge in [-0.25, -0.2) is 4.98 Å². The van der Waals surface area contributed by atoms with Crippen molar-refractivity contribution in [2.45, 2.75) is 39.7 Å². The Hall–Kier alpha value is -1.03. The van der Waals surface area contributed by atoms with Gasteiger partial charge in [0.25, 0.3) is 0 Å². The van der Waals surface area contributed by atoms with E-state index in [0.717, 1.165) is 12.1 Å². The molecule has 1 N–H and O–H groups in total. The average molecular weight is 258 g/mol. The number of alkyl halides is 1. The molecule has 0 unspecified atom stereocenters. The molecule has 0 amide bonds. The molecule has 1 heterocycles. The van der Waals surface area contributed by atoms with Gasteiger partial charge in [-0.15, -0.1) is 11.6 Å². The molecule has 1 aromatic heterocycles. The summed E-state index contributed by atoms with van der Waals surface area (Å²) in [6.07, 6.45) is 0.843. The van der Waals surface area contributed by atoms with Crippen LogP contribution < -0.4 is 10.1 Å². The maximum absolute atomic E-state index is 5.76. The number of hydrogen-bond acceptors (Lipinski definition) is 4. The summed E-state index contributed by atoms with van der Waals surface area (Å²) in [4.78, 5) is 8.64. The van der Waals surface area contributed by atoms with Crippen molar-refractivity contribution in [3.63, 3.8) is 0 Å². The Bertz CT molecular complexity index is 369. The molecule has 0 atom stereocenters. The zero-order valence-corrected chi connectivity index (χ0v) is 11.6. The van der Waals surface area contributed by atoms with Gasteiger partial charge in [-0.1, -0.05) is 0 Å². The molecule has 0 saturated heterocycles. The van der Waals surface area contributed by atoms with Gasteiger partial charge in [0.05, 0.1) is 6.61 Å². The second-order valence-electron chi connectivity index (χ2n) is 4.55. The summed E-state index contributed by atoms with van der Waals surface area (Å²) in [5.41, 5.74) is 0.756. The van der Waals surface area contributed by atoms with Crippen molar-refractivity contribution < 1.29 is 4.74 Å². The third-order valence-corrected chi connectivity index (χ3v) is 2.48. The van der Waals surface area contributed by atoms with Crippen LogP contribution in [0.5, 0.6) is 5.88 Å². The van der Waals surface area contributed by atoms with Gasteiger partial charge >= 0.3 is 0 Å². The monoisotopic (exact) mass is 257 g/mol. The number of ether oxygens (including phenoxy) is 1. The number of aryl methyl sites for hydroxylation is 1. The molecule has 5 heteroatoms. The first kappa shape index (κ1) is 14.0. The molecule has 0 aliphatic carbocycles. The lowest BCUT2D eigenvalue weighted by molar-refractivity contribution is 0.326. The summed E-state index contributed by atoms with van der Waals surface area (Å²) in [6.45, 7) is 8.59. The van der Waals surface area contributed by atoms with Crippen molar-refractivity contribution in [1.82, 2.24) is 9.97 Å². The normalized spacial score (nSPS) is 11.4. The Morgan fingerprint density at radius 2 is 2.12 bits per heavy atom. The van der Waals surface area contributed by atoms with Crippen molar-refractivity contribution in [1.29, 1.82) is 0 Å². The lowest BCUT2D eigenvalue weighted by atomic mass is 10.0. The van der Waals surface area contributed by atoms with Crippen molar-refractivity contribution in [3.8, 4) is 5.88 Å². The minimum Gasteiger partial charge on any atom is -0.478 e. The van der Waals surface area contributed by atoms with Crippen LogP contribution in [0.3, 0.4) is 0 Å². The van der Waals surface area contributed by atoms with Crippen LogP contribution >= 0.6 is 11.6 Å². The molecular formula is C12H20ClN3O. The summed E-state index contributed by atoms with van der Waals surface area (Å²) in [5.74, 6) is 1.79. The molecule has 1 aromatic rings. The highest BCUT2D eigenvalue weighted by molar-refractivity contribution is 6.17. The van der Waals surface area contributed by atoms with Crippen molar-refractivity contribution in [3.05, 3.63) is 11.8 Å². The minimum atomic E-state index is -0.126. The maximum Gasteiger partial charge on any atom is 0.226 e. The Morgan fingerprint density at radius 3 is 2.71 bits per heavy atom. The zero-order valence-electron chi connectivity index (χ0n) is 10.9. The molecule has 0 radical (unpaired) electrons. The second-order valence-corrected chi connectivity index (χ2v) is 4.93. The highest BCUT2D eigenvalue weighted by Gasteiger charge is 2.18. The van der Waals surface area contributed by atoms with Crippen LogP contribution in [0.15, 0.2) is 6.07 Å². The number of aromatic nitrogens is 2. The van der Waals surface area contributed by atoms with Crippen molar-refractivity contribution in [2.75, 3.05) is 17.8 Å². The first-order chi connectivity index (χ1) is 7.96. The number of halogens is 1. The van der Waals surface area contributed by atoms with Crippen LogP contribution in [0.2, 0.25) is 0 Å². The third kappa shape index (κ3) is 4.77. The van der Waals surface area contributed by atoms with Gasteiger partial charge in [-0.05, 0) is 34.1 Å². The Kier molecular flexibility index (Phi) is 5.00.